The number of methoxy groups -OCH3 is 1. The Kier molecular flexibility index (Phi) is 4.19. The van der Waals surface area contributed by atoms with E-state index in [-0.39, 0.29) is 34.2 Å². The predicted molar refractivity (Wildman–Crippen MR) is 96.8 cm³/mol. The third kappa shape index (κ3) is 2.23. The van der Waals surface area contributed by atoms with Crippen molar-refractivity contribution in [2.45, 2.75) is 58.8 Å². The van der Waals surface area contributed by atoms with E-state index in [1.54, 1.807) is 21.0 Å². The number of ether oxygens (including phenoxy) is 2. The molecule has 5 atom stereocenters. The molecule has 2 N–H and O–H groups in total. The number of carbonyl (C=O) groups excluding carboxylic acids is 2. The van der Waals surface area contributed by atoms with Gasteiger partial charge in [-0.25, -0.2) is 0 Å². The first kappa shape index (κ1) is 18.8. The highest BCUT2D eigenvalue weighted by Gasteiger charge is 2.66. The number of aliphatic hydroxyl groups is 2. The number of ketones is 2. The molecule has 1 aliphatic heterocycles. The van der Waals surface area contributed by atoms with Crippen LogP contribution in [0, 0.1) is 22.7 Å². The van der Waals surface area contributed by atoms with Gasteiger partial charge in [-0.3, -0.25) is 9.59 Å². The van der Waals surface area contributed by atoms with Crippen molar-refractivity contribution < 1.29 is 29.3 Å². The van der Waals surface area contributed by atoms with Gasteiger partial charge in [-0.15, -0.1) is 0 Å². The van der Waals surface area contributed by atoms with Crippen LogP contribution < -0.4 is 0 Å². The number of Topliss-reactive ketones (excluding diaryl/α,β-unsaturated/α-hetero) is 2. The molecule has 4 rings (SSSR count). The predicted octanol–water partition coefficient (Wildman–Crippen LogP) is 2.46. The van der Waals surface area contributed by atoms with Gasteiger partial charge in [0.15, 0.2) is 6.29 Å². The molecule has 1 heterocycles. The molecule has 0 spiro atoms. The minimum absolute atomic E-state index is 0.0450. The molecule has 0 amide bonds. The van der Waals surface area contributed by atoms with Gasteiger partial charge < -0.3 is 19.7 Å². The Balaban J connectivity index is 2.03. The van der Waals surface area contributed by atoms with Crippen LogP contribution >= 0.6 is 0 Å². The van der Waals surface area contributed by atoms with Gasteiger partial charge in [0.1, 0.15) is 5.76 Å². The quantitative estimate of drug-likeness (QED) is 0.568. The zero-order valence-electron chi connectivity index (χ0n) is 16.4. The minimum atomic E-state index is -1.16. The average molecular weight is 376 g/mol. The molecule has 5 unspecified atom stereocenters. The van der Waals surface area contributed by atoms with Crippen LogP contribution in [0.5, 0.6) is 0 Å². The summed E-state index contributed by atoms with van der Waals surface area (Å²) in [6.07, 6.45) is 1.28. The summed E-state index contributed by atoms with van der Waals surface area (Å²) in [6.45, 7) is 6.11. The van der Waals surface area contributed by atoms with E-state index in [0.29, 0.717) is 25.0 Å². The van der Waals surface area contributed by atoms with Crippen LogP contribution in [-0.2, 0) is 19.1 Å². The molecule has 1 saturated carbocycles. The summed E-state index contributed by atoms with van der Waals surface area (Å²) < 4.78 is 11.4. The van der Waals surface area contributed by atoms with Crippen molar-refractivity contribution in [3.05, 3.63) is 22.5 Å². The van der Waals surface area contributed by atoms with Crippen molar-refractivity contribution in [1.82, 2.24) is 0 Å². The Hall–Kier alpha value is -1.50. The average Bonchev–Trinajstić information content (AvgIpc) is 2.62. The van der Waals surface area contributed by atoms with E-state index in [1.165, 1.54) is 0 Å². The lowest BCUT2D eigenvalue weighted by Crippen LogP contribution is -2.64. The van der Waals surface area contributed by atoms with Gasteiger partial charge in [0, 0.05) is 23.8 Å². The van der Waals surface area contributed by atoms with Crippen LogP contribution in [0.25, 0.3) is 0 Å². The van der Waals surface area contributed by atoms with Crippen LogP contribution in [0.1, 0.15) is 46.5 Å². The summed E-state index contributed by atoms with van der Waals surface area (Å²) in [7, 11) is 1.56. The molecule has 0 aromatic heterocycles. The lowest BCUT2D eigenvalue weighted by atomic mass is 9.46. The molecule has 0 radical (unpaired) electrons. The van der Waals surface area contributed by atoms with E-state index in [0.717, 1.165) is 12.8 Å². The number of hydrogen-bond acceptors (Lipinski definition) is 6. The van der Waals surface area contributed by atoms with Gasteiger partial charge in [0.2, 0.25) is 11.6 Å². The van der Waals surface area contributed by atoms with E-state index in [9.17, 15) is 19.8 Å². The zero-order chi connectivity index (χ0) is 19.7. The van der Waals surface area contributed by atoms with Crippen LogP contribution in [0.2, 0.25) is 0 Å². The first-order valence-electron chi connectivity index (χ1n) is 9.78. The summed E-state index contributed by atoms with van der Waals surface area (Å²) in [5, 5.41) is 21.9. The molecule has 0 aromatic rings. The lowest BCUT2D eigenvalue weighted by Gasteiger charge is -2.62. The van der Waals surface area contributed by atoms with Crippen molar-refractivity contribution in [1.29, 1.82) is 0 Å². The molecule has 1 saturated heterocycles. The fourth-order valence-corrected chi connectivity index (χ4v) is 6.15. The largest absolute Gasteiger partial charge is 0.507 e. The smallest absolute Gasteiger partial charge is 0.233 e. The molecular formula is C21H28O6. The van der Waals surface area contributed by atoms with Gasteiger partial charge in [-0.2, -0.15) is 0 Å². The van der Waals surface area contributed by atoms with Gasteiger partial charge in [0.25, 0.3) is 0 Å². The number of carbonyl (C=O) groups is 2. The minimum Gasteiger partial charge on any atom is -0.507 e. The maximum absolute atomic E-state index is 13.3. The van der Waals surface area contributed by atoms with Crippen molar-refractivity contribution >= 4 is 11.6 Å². The summed E-state index contributed by atoms with van der Waals surface area (Å²) in [4.78, 5) is 26.2. The van der Waals surface area contributed by atoms with E-state index in [1.807, 2.05) is 0 Å². The van der Waals surface area contributed by atoms with Crippen LogP contribution in [0.3, 0.4) is 0 Å². The third-order valence-electron chi connectivity index (χ3n) is 7.37. The second kappa shape index (κ2) is 6.00. The molecule has 148 valence electrons. The number of hydrogen-bond donors (Lipinski definition) is 2. The molecule has 6 heteroatoms. The first-order chi connectivity index (χ1) is 12.7. The normalized spacial score (nSPS) is 41.8. The SMILES string of the molecule is COC1CC2C3(C)CCCC2(C2=C1C(O)=C(C(C)C)C(=O)C2=O)C(O)OC3. The molecule has 27 heavy (non-hydrogen) atoms. The van der Waals surface area contributed by atoms with E-state index >= 15 is 0 Å². The molecule has 4 aliphatic rings. The number of allylic oxidation sites excluding steroid dienone is 1. The molecule has 2 bridgehead atoms. The maximum atomic E-state index is 13.3. The van der Waals surface area contributed by atoms with E-state index in [4.69, 9.17) is 9.47 Å². The van der Waals surface area contributed by atoms with Crippen molar-refractivity contribution in [2.75, 3.05) is 13.7 Å². The second-order valence-corrected chi connectivity index (χ2v) is 9.09. The number of rotatable bonds is 2. The second-order valence-electron chi connectivity index (χ2n) is 9.09. The van der Waals surface area contributed by atoms with Crippen LogP contribution in [0.4, 0.5) is 0 Å². The monoisotopic (exact) mass is 376 g/mol. The molecule has 2 fully saturated rings. The Morgan fingerprint density at radius 1 is 1.22 bits per heavy atom. The molecule has 3 aliphatic carbocycles. The zero-order valence-corrected chi connectivity index (χ0v) is 16.4. The van der Waals surface area contributed by atoms with Gasteiger partial charge >= 0.3 is 0 Å². The van der Waals surface area contributed by atoms with Gasteiger partial charge in [0.05, 0.1) is 18.1 Å². The highest BCUT2D eigenvalue weighted by Crippen LogP contribution is 2.65. The maximum Gasteiger partial charge on any atom is 0.233 e. The van der Waals surface area contributed by atoms with Crippen LogP contribution in [0.15, 0.2) is 22.5 Å². The molecule has 6 nitrogen and oxygen atoms in total. The standard InChI is InChI=1S/C21H28O6/c1-10(2)13-16(22)14-11(26-4)8-12-20(3)6-5-7-21(12,19(25)27-9-20)15(14)18(24)17(13)23/h10-12,19,22,25H,5-9H2,1-4H3. The molecule has 0 aromatic carbocycles. The summed E-state index contributed by atoms with van der Waals surface area (Å²) in [5.74, 6) is -1.76. The molecular weight excluding hydrogens is 348 g/mol. The Morgan fingerprint density at radius 3 is 2.56 bits per heavy atom. The lowest BCUT2D eigenvalue weighted by molar-refractivity contribution is -0.278. The Labute approximate surface area is 159 Å². The Morgan fingerprint density at radius 2 is 1.93 bits per heavy atom. The van der Waals surface area contributed by atoms with Gasteiger partial charge in [-0.05, 0) is 36.5 Å². The fraction of sp³-hybridized carbons (Fsp3) is 0.714. The fourth-order valence-electron chi connectivity index (χ4n) is 6.15. The highest BCUT2D eigenvalue weighted by atomic mass is 16.6. The topological polar surface area (TPSA) is 93.1 Å². The van der Waals surface area contributed by atoms with Crippen molar-refractivity contribution in [3.63, 3.8) is 0 Å². The van der Waals surface area contributed by atoms with Crippen molar-refractivity contribution in [3.8, 4) is 0 Å². The van der Waals surface area contributed by atoms with Gasteiger partial charge in [-0.1, -0.05) is 27.2 Å². The van der Waals surface area contributed by atoms with Crippen LogP contribution in [-0.4, -0.2) is 47.9 Å². The third-order valence-corrected chi connectivity index (χ3v) is 7.37. The number of aliphatic hydroxyl groups excluding tert-OH is 2. The van der Waals surface area contributed by atoms with E-state index in [2.05, 4.69) is 6.92 Å². The summed E-state index contributed by atoms with van der Waals surface area (Å²) >= 11 is 0. The summed E-state index contributed by atoms with van der Waals surface area (Å²) in [6, 6.07) is 0. The summed E-state index contributed by atoms with van der Waals surface area (Å²) in [5.41, 5.74) is -0.404. The van der Waals surface area contributed by atoms with Crippen molar-refractivity contribution in [2.24, 2.45) is 22.7 Å². The van der Waals surface area contributed by atoms with E-state index < -0.39 is 29.4 Å². The Bertz CT molecular complexity index is 778. The first-order valence-corrected chi connectivity index (χ1v) is 9.78. The highest BCUT2D eigenvalue weighted by molar-refractivity contribution is 6.50.